The zero-order valence-corrected chi connectivity index (χ0v) is 8.08. The van der Waals surface area contributed by atoms with Gasteiger partial charge in [0.25, 0.3) is 0 Å². The van der Waals surface area contributed by atoms with E-state index in [0.717, 1.165) is 12.8 Å². The maximum Gasteiger partial charge on any atom is 0.334 e. The number of aliphatic hydroxyl groups is 1. The molecule has 3 heteroatoms. The van der Waals surface area contributed by atoms with E-state index in [0.29, 0.717) is 6.42 Å². The van der Waals surface area contributed by atoms with E-state index in [4.69, 9.17) is 5.11 Å². The number of hydrogen-bond donors (Lipinski definition) is 2. The van der Waals surface area contributed by atoms with Crippen LogP contribution < -0.4 is 0 Å². The summed E-state index contributed by atoms with van der Waals surface area (Å²) in [7, 11) is 0. The Balaban J connectivity index is 3.01. The minimum absolute atomic E-state index is 0.0462. The summed E-state index contributed by atoms with van der Waals surface area (Å²) in [5.41, 5.74) is -0.946. The van der Waals surface area contributed by atoms with Crippen LogP contribution in [-0.2, 0) is 4.79 Å². The number of carbonyl (C=O) groups is 1. The van der Waals surface area contributed by atoms with Gasteiger partial charge in [-0.25, -0.2) is 4.79 Å². The number of aliphatic carboxylic acids is 1. The predicted octanol–water partition coefficient (Wildman–Crippen LogP) is 1.57. The second-order valence-electron chi connectivity index (χ2n) is 3.89. The summed E-state index contributed by atoms with van der Waals surface area (Å²) in [5.74, 6) is -1.04. The maximum absolute atomic E-state index is 10.8. The van der Waals surface area contributed by atoms with Gasteiger partial charge in [-0.3, -0.25) is 0 Å². The molecule has 2 N–H and O–H groups in total. The topological polar surface area (TPSA) is 57.5 Å². The van der Waals surface area contributed by atoms with Crippen LogP contribution >= 0.6 is 0 Å². The maximum atomic E-state index is 10.8. The SMILES string of the molecule is CC(C)C1(O)CCCC=C1C(=O)O. The van der Waals surface area contributed by atoms with Gasteiger partial charge >= 0.3 is 5.97 Å². The van der Waals surface area contributed by atoms with Crippen molar-refractivity contribution in [3.05, 3.63) is 11.6 Å². The first-order valence-corrected chi connectivity index (χ1v) is 4.65. The summed E-state index contributed by atoms with van der Waals surface area (Å²) in [6.45, 7) is 3.70. The van der Waals surface area contributed by atoms with Crippen LogP contribution in [0.3, 0.4) is 0 Å². The number of carboxylic acid groups (broad SMARTS) is 1. The highest BCUT2D eigenvalue weighted by molar-refractivity contribution is 5.89. The van der Waals surface area contributed by atoms with Crippen molar-refractivity contribution in [1.29, 1.82) is 0 Å². The zero-order valence-electron chi connectivity index (χ0n) is 8.08. The molecule has 1 unspecified atom stereocenters. The first-order chi connectivity index (χ1) is 5.98. The summed E-state index contributed by atoms with van der Waals surface area (Å²) >= 11 is 0. The molecule has 0 bridgehead atoms. The van der Waals surface area contributed by atoms with E-state index in [1.54, 1.807) is 6.08 Å². The van der Waals surface area contributed by atoms with Gasteiger partial charge in [-0.15, -0.1) is 0 Å². The lowest BCUT2D eigenvalue weighted by atomic mass is 9.76. The van der Waals surface area contributed by atoms with Crippen molar-refractivity contribution in [2.24, 2.45) is 5.92 Å². The van der Waals surface area contributed by atoms with Gasteiger partial charge in [0.05, 0.1) is 11.2 Å². The first-order valence-electron chi connectivity index (χ1n) is 4.65. The van der Waals surface area contributed by atoms with Gasteiger partial charge in [0.1, 0.15) is 0 Å². The van der Waals surface area contributed by atoms with E-state index in [-0.39, 0.29) is 11.5 Å². The minimum atomic E-state index is -1.12. The van der Waals surface area contributed by atoms with Gasteiger partial charge in [-0.2, -0.15) is 0 Å². The Morgan fingerprint density at radius 1 is 1.62 bits per heavy atom. The van der Waals surface area contributed by atoms with Crippen molar-refractivity contribution >= 4 is 5.97 Å². The van der Waals surface area contributed by atoms with Gasteiger partial charge in [-0.05, 0) is 25.2 Å². The average Bonchev–Trinajstić information content (AvgIpc) is 2.04. The Hall–Kier alpha value is -0.830. The minimum Gasteiger partial charge on any atom is -0.478 e. The lowest BCUT2D eigenvalue weighted by Gasteiger charge is -2.35. The third-order valence-electron chi connectivity index (χ3n) is 2.76. The molecule has 1 aliphatic rings. The smallest absolute Gasteiger partial charge is 0.334 e. The van der Waals surface area contributed by atoms with E-state index in [2.05, 4.69) is 0 Å². The summed E-state index contributed by atoms with van der Waals surface area (Å²) in [6.07, 6.45) is 3.83. The first kappa shape index (κ1) is 10.3. The molecule has 0 spiro atoms. The molecular formula is C10H16O3. The molecule has 1 aliphatic carbocycles. The normalized spacial score (nSPS) is 28.8. The molecule has 1 atom stereocenters. The molecule has 0 amide bonds. The van der Waals surface area contributed by atoms with Crippen LogP contribution in [0.2, 0.25) is 0 Å². The quantitative estimate of drug-likeness (QED) is 0.684. The average molecular weight is 184 g/mol. The van der Waals surface area contributed by atoms with Gasteiger partial charge in [0.2, 0.25) is 0 Å². The van der Waals surface area contributed by atoms with Crippen molar-refractivity contribution in [3.63, 3.8) is 0 Å². The lowest BCUT2D eigenvalue weighted by molar-refractivity contribution is -0.136. The van der Waals surface area contributed by atoms with Crippen molar-refractivity contribution in [2.75, 3.05) is 0 Å². The molecule has 0 aromatic carbocycles. The van der Waals surface area contributed by atoms with E-state index in [1.165, 1.54) is 0 Å². The Kier molecular flexibility index (Phi) is 2.76. The molecule has 0 saturated heterocycles. The predicted molar refractivity (Wildman–Crippen MR) is 49.4 cm³/mol. The van der Waals surface area contributed by atoms with Gasteiger partial charge in [-0.1, -0.05) is 19.9 Å². The Bertz CT molecular complexity index is 243. The highest BCUT2D eigenvalue weighted by Crippen LogP contribution is 2.35. The van der Waals surface area contributed by atoms with E-state index in [1.807, 2.05) is 13.8 Å². The van der Waals surface area contributed by atoms with Crippen LogP contribution in [0.1, 0.15) is 33.1 Å². The third kappa shape index (κ3) is 1.75. The molecule has 3 nitrogen and oxygen atoms in total. The standard InChI is InChI=1S/C10H16O3/c1-7(2)10(13)6-4-3-5-8(10)9(11)12/h5,7,13H,3-4,6H2,1-2H3,(H,11,12). The van der Waals surface area contributed by atoms with Crippen molar-refractivity contribution in [1.82, 2.24) is 0 Å². The fourth-order valence-corrected chi connectivity index (χ4v) is 1.80. The van der Waals surface area contributed by atoms with Crippen LogP contribution in [0.5, 0.6) is 0 Å². The Morgan fingerprint density at radius 3 is 2.62 bits per heavy atom. The largest absolute Gasteiger partial charge is 0.478 e. The fourth-order valence-electron chi connectivity index (χ4n) is 1.80. The monoisotopic (exact) mass is 184 g/mol. The summed E-state index contributed by atoms with van der Waals surface area (Å²) in [5, 5.41) is 19.0. The van der Waals surface area contributed by atoms with Gasteiger partial charge < -0.3 is 10.2 Å². The van der Waals surface area contributed by atoms with Gasteiger partial charge in [0.15, 0.2) is 0 Å². The molecule has 0 aromatic heterocycles. The molecule has 13 heavy (non-hydrogen) atoms. The van der Waals surface area contributed by atoms with E-state index < -0.39 is 11.6 Å². The zero-order chi connectivity index (χ0) is 10.1. The molecule has 1 rings (SSSR count). The molecular weight excluding hydrogens is 168 g/mol. The van der Waals surface area contributed by atoms with Crippen LogP contribution in [0.15, 0.2) is 11.6 Å². The third-order valence-corrected chi connectivity index (χ3v) is 2.76. The molecule has 0 fully saturated rings. The summed E-state index contributed by atoms with van der Waals surface area (Å²) in [4.78, 5) is 10.8. The lowest BCUT2D eigenvalue weighted by Crippen LogP contribution is -2.41. The highest BCUT2D eigenvalue weighted by Gasteiger charge is 2.39. The second kappa shape index (κ2) is 3.50. The Labute approximate surface area is 78.1 Å². The van der Waals surface area contributed by atoms with Crippen molar-refractivity contribution < 1.29 is 15.0 Å². The highest BCUT2D eigenvalue weighted by atomic mass is 16.4. The number of hydrogen-bond acceptors (Lipinski definition) is 2. The fraction of sp³-hybridized carbons (Fsp3) is 0.700. The summed E-state index contributed by atoms with van der Waals surface area (Å²) in [6, 6.07) is 0. The molecule has 0 aliphatic heterocycles. The summed E-state index contributed by atoms with van der Waals surface area (Å²) < 4.78 is 0. The molecule has 0 aromatic rings. The Morgan fingerprint density at radius 2 is 2.23 bits per heavy atom. The molecule has 0 radical (unpaired) electrons. The van der Waals surface area contributed by atoms with Gasteiger partial charge in [0, 0.05) is 0 Å². The number of allylic oxidation sites excluding steroid dienone is 1. The number of rotatable bonds is 2. The van der Waals surface area contributed by atoms with E-state index in [9.17, 15) is 9.90 Å². The van der Waals surface area contributed by atoms with E-state index >= 15 is 0 Å². The molecule has 0 saturated carbocycles. The second-order valence-corrected chi connectivity index (χ2v) is 3.89. The number of carboxylic acids is 1. The van der Waals surface area contributed by atoms with Crippen molar-refractivity contribution in [2.45, 2.75) is 38.7 Å². The van der Waals surface area contributed by atoms with Crippen LogP contribution in [0.25, 0.3) is 0 Å². The molecule has 0 heterocycles. The van der Waals surface area contributed by atoms with Crippen LogP contribution in [0, 0.1) is 5.92 Å². The van der Waals surface area contributed by atoms with Crippen LogP contribution in [-0.4, -0.2) is 21.8 Å². The van der Waals surface area contributed by atoms with Crippen molar-refractivity contribution in [3.8, 4) is 0 Å². The molecule has 74 valence electrons. The van der Waals surface area contributed by atoms with Crippen LogP contribution in [0.4, 0.5) is 0 Å².